The zero-order valence-electron chi connectivity index (χ0n) is 59.8. The van der Waals surface area contributed by atoms with Crippen molar-refractivity contribution in [1.29, 1.82) is 0 Å². The summed E-state index contributed by atoms with van der Waals surface area (Å²) in [7, 11) is 0. The Bertz CT molecular complexity index is 6500. The summed E-state index contributed by atoms with van der Waals surface area (Å²) in [4.78, 5) is 0. The summed E-state index contributed by atoms with van der Waals surface area (Å²) in [5.74, 6) is 0. The molecule has 0 aliphatic carbocycles. The van der Waals surface area contributed by atoms with Gasteiger partial charge >= 0.3 is 0 Å². The molecule has 93 heavy (non-hydrogen) atoms. The monoisotopic (exact) mass is 1200 g/mol. The summed E-state index contributed by atoms with van der Waals surface area (Å²) in [6.07, 6.45) is 0. The van der Waals surface area contributed by atoms with E-state index in [0.29, 0.717) is 5.56 Å². The van der Waals surface area contributed by atoms with Gasteiger partial charge in [-0.15, -0.1) is 0 Å². The first-order valence-corrected chi connectivity index (χ1v) is 33.1. The Hall–Kier alpha value is -10.1. The van der Waals surface area contributed by atoms with Crippen molar-refractivity contribution in [3.05, 3.63) is 247 Å². The Morgan fingerprint density at radius 2 is 0.774 bits per heavy atom. The van der Waals surface area contributed by atoms with E-state index in [1.54, 1.807) is 0 Å². The predicted molar refractivity (Wildman–Crippen MR) is 402 cm³/mol. The summed E-state index contributed by atoms with van der Waals surface area (Å²) in [6.45, 7) is 27.2. The summed E-state index contributed by atoms with van der Waals surface area (Å²) >= 11 is 0. The van der Waals surface area contributed by atoms with Crippen LogP contribution in [-0.2, 0) is 21.7 Å². The highest BCUT2D eigenvalue weighted by Crippen LogP contribution is 2.49. The van der Waals surface area contributed by atoms with Gasteiger partial charge in [-0.1, -0.05) is 229 Å². The molecule has 7 heterocycles. The van der Waals surface area contributed by atoms with Gasteiger partial charge in [-0.05, 0) is 172 Å². The lowest BCUT2D eigenvalue weighted by Crippen LogP contribution is -2.59. The van der Waals surface area contributed by atoms with Crippen molar-refractivity contribution >= 4 is 148 Å². The molecule has 0 fully saturated rings. The van der Waals surface area contributed by atoms with Crippen LogP contribution in [0.1, 0.15) is 112 Å². The van der Waals surface area contributed by atoms with Crippen LogP contribution in [0.3, 0.4) is 0 Å². The molecular formula is C88H73BN4. The van der Waals surface area contributed by atoms with E-state index >= 15 is 0 Å². The average molecular weight is 1200 g/mol. The highest BCUT2D eigenvalue weighted by Gasteiger charge is 2.44. The third kappa shape index (κ3) is 7.45. The number of aromatic nitrogens is 4. The average Bonchev–Trinajstić information content (AvgIpc) is 1.46. The largest absolute Gasteiger partial charge is 0.310 e. The molecule has 0 spiro atoms. The Labute approximate surface area is 549 Å². The number of benzene rings is 12. The van der Waals surface area contributed by atoms with Crippen molar-refractivity contribution in [2.45, 2.75) is 105 Å². The van der Waals surface area contributed by atoms with E-state index in [9.17, 15) is 5.48 Å². The zero-order chi connectivity index (χ0) is 67.6. The van der Waals surface area contributed by atoms with Gasteiger partial charge in [0.2, 0.25) is 0 Å². The SMILES string of the molecule is [2H]c1c([2H])c([2H])c(-c2cc3c4c(c2)c2cc(-n5c6ccc(C(C)(C)C)cc6c6cc(C(C)(C)C)ccc65)ccc2n4-c2c4c(cc5c2c2cccc6c7ccccc7c7ccccc7c7ccccc7n5c62)-n2c5ccc(C(C)(C)C)cc5c5cc(C(C)(C)C)cc(c52)B43)c([2H])c1[2H]. The second kappa shape index (κ2) is 18.4. The number of nitrogens with zero attached hydrogens (tertiary/aromatic N) is 4. The maximum atomic E-state index is 9.75. The van der Waals surface area contributed by atoms with Crippen LogP contribution >= 0.6 is 0 Å². The van der Waals surface area contributed by atoms with Gasteiger partial charge in [-0.2, -0.15) is 0 Å². The van der Waals surface area contributed by atoms with Crippen molar-refractivity contribution in [3.8, 4) is 28.2 Å². The first-order chi connectivity index (χ1) is 46.8. The molecule has 19 rings (SSSR count). The number of fused-ring (bicyclic) bond motifs is 24. The summed E-state index contributed by atoms with van der Waals surface area (Å²) < 4.78 is 57.0. The topological polar surface area (TPSA) is 19.2 Å². The molecule has 4 nitrogen and oxygen atoms in total. The van der Waals surface area contributed by atoms with Gasteiger partial charge in [0, 0.05) is 76.3 Å². The number of hydrogen-bond acceptors (Lipinski definition) is 0. The third-order valence-electron chi connectivity index (χ3n) is 21.4. The van der Waals surface area contributed by atoms with Gasteiger partial charge in [0.05, 0.1) is 51.2 Å². The lowest BCUT2D eigenvalue weighted by atomic mass is 9.34. The fourth-order valence-corrected chi connectivity index (χ4v) is 16.7. The first kappa shape index (κ1) is 49.6. The molecule has 17 aromatic rings. The molecule has 2 aliphatic heterocycles. The van der Waals surface area contributed by atoms with Crippen LogP contribution in [-0.4, -0.2) is 24.8 Å². The van der Waals surface area contributed by atoms with Crippen molar-refractivity contribution in [2.75, 3.05) is 0 Å². The predicted octanol–water partition coefficient (Wildman–Crippen LogP) is 21.6. The van der Waals surface area contributed by atoms with Gasteiger partial charge in [0.25, 0.3) is 6.71 Å². The maximum absolute atomic E-state index is 9.75. The van der Waals surface area contributed by atoms with E-state index < -0.39 is 12.8 Å². The molecule has 448 valence electrons. The van der Waals surface area contributed by atoms with Gasteiger partial charge < -0.3 is 18.1 Å². The minimum absolute atomic E-state index is 0.0816. The van der Waals surface area contributed by atoms with Gasteiger partial charge in [0.1, 0.15) is 0 Å². The quantitative estimate of drug-likeness (QED) is 0.154. The molecule has 0 radical (unpaired) electrons. The molecule has 0 N–H and O–H groups in total. The second-order valence-corrected chi connectivity index (χ2v) is 31.0. The smallest absolute Gasteiger partial charge is 0.252 e. The summed E-state index contributed by atoms with van der Waals surface area (Å²) in [5, 5.41) is 16.0. The standard InChI is InChI=1S/C88H73BN4/c1-85(2,3)52-33-37-73-64(43-52)65-44-53(86(4,5)6)34-38-74(65)90(73)56-36-40-76-67(48-56)68-41-51(50-23-14-13-15-24-50)42-70-83(68)93(76)84-79-63-31-22-30-62-60-28-19-17-26-58(60)57-25-16-18-27-59(57)61-29-20-21-32-72(61)91(81(62)63)77(79)49-78-80(84)89(70)71-47-55(88(10,11)12)46-69-66-45-54(87(7,8)9)35-39-75(66)92(78)82(69)71/h13-49H,1-12H3/i13D,14D,15D,23D,24D. The van der Waals surface area contributed by atoms with Crippen molar-refractivity contribution in [3.63, 3.8) is 0 Å². The molecule has 0 saturated heterocycles. The van der Waals surface area contributed by atoms with E-state index in [-0.39, 0.29) is 51.4 Å². The maximum Gasteiger partial charge on any atom is 0.252 e. The van der Waals surface area contributed by atoms with Gasteiger partial charge in [0.15, 0.2) is 0 Å². The third-order valence-corrected chi connectivity index (χ3v) is 21.4. The Kier molecular flexibility index (Phi) is 9.79. The molecular weight excluding hydrogens is 1120 g/mol. The molecule has 12 aromatic carbocycles. The Morgan fingerprint density at radius 3 is 1.39 bits per heavy atom. The summed E-state index contributed by atoms with van der Waals surface area (Å²) in [5.41, 5.74) is 21.6. The van der Waals surface area contributed by atoms with Gasteiger partial charge in [-0.25, -0.2) is 0 Å². The van der Waals surface area contributed by atoms with Crippen LogP contribution in [0.4, 0.5) is 0 Å². The van der Waals surface area contributed by atoms with E-state index in [1.807, 2.05) is 0 Å². The van der Waals surface area contributed by atoms with Gasteiger partial charge in [-0.3, -0.25) is 0 Å². The van der Waals surface area contributed by atoms with Crippen LogP contribution < -0.4 is 16.4 Å². The minimum Gasteiger partial charge on any atom is -0.310 e. The van der Waals surface area contributed by atoms with Crippen LogP contribution in [0, 0.1) is 0 Å². The van der Waals surface area contributed by atoms with E-state index in [4.69, 9.17) is 1.37 Å². The molecule has 0 unspecified atom stereocenters. The van der Waals surface area contributed by atoms with E-state index in [2.05, 4.69) is 295 Å². The van der Waals surface area contributed by atoms with Crippen LogP contribution in [0.5, 0.6) is 0 Å². The van der Waals surface area contributed by atoms with Crippen LogP contribution in [0.25, 0.3) is 153 Å². The molecule has 5 aromatic heterocycles. The number of para-hydroxylation sites is 2. The molecule has 0 saturated carbocycles. The fourth-order valence-electron chi connectivity index (χ4n) is 16.7. The number of rotatable bonds is 2. The zero-order valence-corrected chi connectivity index (χ0v) is 54.8. The van der Waals surface area contributed by atoms with Crippen molar-refractivity contribution in [2.24, 2.45) is 0 Å². The number of hydrogen-bond donors (Lipinski definition) is 0. The molecule has 0 amide bonds. The minimum atomic E-state index is -0.412. The summed E-state index contributed by atoms with van der Waals surface area (Å²) in [6, 6.07) is 72.2. The van der Waals surface area contributed by atoms with E-state index in [0.717, 1.165) is 115 Å². The Morgan fingerprint density at radius 1 is 0.312 bits per heavy atom. The molecule has 0 atom stereocenters. The molecule has 0 bridgehead atoms. The fraction of sp³-hybridized carbons (Fsp3) is 0.182. The highest BCUT2D eigenvalue weighted by atomic mass is 15.1. The van der Waals surface area contributed by atoms with Crippen molar-refractivity contribution in [1.82, 2.24) is 18.1 Å². The van der Waals surface area contributed by atoms with E-state index in [1.165, 1.54) is 65.4 Å². The molecule has 2 aliphatic rings. The Balaban J connectivity index is 1.06. The lowest BCUT2D eigenvalue weighted by Gasteiger charge is -2.35. The first-order valence-electron chi connectivity index (χ1n) is 35.6. The lowest BCUT2D eigenvalue weighted by molar-refractivity contribution is 0.590. The highest BCUT2D eigenvalue weighted by molar-refractivity contribution is 7.00. The van der Waals surface area contributed by atoms with Crippen molar-refractivity contribution < 1.29 is 6.85 Å². The second-order valence-electron chi connectivity index (χ2n) is 31.0. The van der Waals surface area contributed by atoms with Crippen LogP contribution in [0.15, 0.2) is 224 Å². The molecule has 5 heteroatoms. The normalized spacial score (nSPS) is 14.3. The van der Waals surface area contributed by atoms with Crippen LogP contribution in [0.2, 0.25) is 0 Å².